The molecule has 2 aromatic rings. The predicted octanol–water partition coefficient (Wildman–Crippen LogP) is 1.80. The van der Waals surface area contributed by atoms with E-state index in [0.717, 1.165) is 17.6 Å². The zero-order valence-electron chi connectivity index (χ0n) is 11.0. The molecule has 0 fully saturated rings. The fourth-order valence-corrected chi connectivity index (χ4v) is 2.15. The van der Waals surface area contributed by atoms with Crippen LogP contribution in [-0.2, 0) is 4.74 Å². The number of anilines is 1. The van der Waals surface area contributed by atoms with Crippen LogP contribution in [0.15, 0.2) is 42.7 Å². The molecule has 0 aromatic carbocycles. The number of ether oxygens (including phenoxy) is 1. The topological polar surface area (TPSA) is 67.7 Å². The van der Waals surface area contributed by atoms with Crippen molar-refractivity contribution >= 4 is 17.2 Å². The van der Waals surface area contributed by atoms with E-state index in [0.29, 0.717) is 13.2 Å². The molecule has 0 spiro atoms. The highest BCUT2D eigenvalue weighted by Crippen LogP contribution is 2.15. The van der Waals surface area contributed by atoms with Crippen LogP contribution in [0.5, 0.6) is 0 Å². The number of rotatable bonds is 3. The van der Waals surface area contributed by atoms with Crippen LogP contribution < -0.4 is 10.6 Å². The number of carbonyl (C=O) groups is 1. The second-order valence-corrected chi connectivity index (χ2v) is 4.58. The van der Waals surface area contributed by atoms with Crippen LogP contribution in [0.25, 0.3) is 5.52 Å². The summed E-state index contributed by atoms with van der Waals surface area (Å²) in [5, 5.41) is 9.77. The quantitative estimate of drug-likeness (QED) is 0.837. The Morgan fingerprint density at radius 2 is 2.40 bits per heavy atom. The highest BCUT2D eigenvalue weighted by Gasteiger charge is 2.12. The van der Waals surface area contributed by atoms with Gasteiger partial charge in [0.05, 0.1) is 30.1 Å². The second-order valence-electron chi connectivity index (χ2n) is 4.58. The molecule has 3 heterocycles. The first-order valence-electron chi connectivity index (χ1n) is 6.57. The summed E-state index contributed by atoms with van der Waals surface area (Å²) in [7, 11) is 0. The van der Waals surface area contributed by atoms with Crippen LogP contribution in [0.2, 0.25) is 0 Å². The average molecular weight is 272 g/mol. The smallest absolute Gasteiger partial charge is 0.319 e. The van der Waals surface area contributed by atoms with Gasteiger partial charge in [-0.1, -0.05) is 12.2 Å². The molecule has 0 radical (unpaired) electrons. The molecule has 3 rings (SSSR count). The number of nitrogens with one attached hydrogen (secondary N) is 2. The lowest BCUT2D eigenvalue weighted by atomic mass is 10.2. The molecule has 2 amide bonds. The SMILES string of the molecule is O=C(NCC1CC=CCO1)Nc1cccn2nccc12. The zero-order chi connectivity index (χ0) is 13.8. The van der Waals surface area contributed by atoms with Gasteiger partial charge in [-0.3, -0.25) is 0 Å². The monoisotopic (exact) mass is 272 g/mol. The first-order chi connectivity index (χ1) is 9.83. The third-order valence-electron chi connectivity index (χ3n) is 3.17. The van der Waals surface area contributed by atoms with Crippen molar-refractivity contribution in [1.29, 1.82) is 0 Å². The van der Waals surface area contributed by atoms with Gasteiger partial charge in [0.15, 0.2) is 0 Å². The van der Waals surface area contributed by atoms with Crippen molar-refractivity contribution < 1.29 is 9.53 Å². The maximum absolute atomic E-state index is 11.9. The van der Waals surface area contributed by atoms with E-state index in [1.54, 1.807) is 10.7 Å². The first kappa shape index (κ1) is 12.7. The molecular formula is C14H16N4O2. The summed E-state index contributed by atoms with van der Waals surface area (Å²) in [6.45, 7) is 1.11. The third-order valence-corrected chi connectivity index (χ3v) is 3.17. The number of carbonyl (C=O) groups excluding carboxylic acids is 1. The van der Waals surface area contributed by atoms with Gasteiger partial charge in [0.1, 0.15) is 0 Å². The van der Waals surface area contributed by atoms with Gasteiger partial charge in [-0.05, 0) is 24.6 Å². The van der Waals surface area contributed by atoms with E-state index in [2.05, 4.69) is 21.8 Å². The lowest BCUT2D eigenvalue weighted by molar-refractivity contribution is 0.0698. The van der Waals surface area contributed by atoms with Gasteiger partial charge in [0.2, 0.25) is 0 Å². The molecule has 1 aliphatic rings. The van der Waals surface area contributed by atoms with E-state index in [4.69, 9.17) is 4.74 Å². The van der Waals surface area contributed by atoms with E-state index in [1.807, 2.05) is 30.5 Å². The molecule has 0 aliphatic carbocycles. The Balaban J connectivity index is 1.58. The zero-order valence-corrected chi connectivity index (χ0v) is 11.0. The van der Waals surface area contributed by atoms with Crippen molar-refractivity contribution in [2.24, 2.45) is 0 Å². The highest BCUT2D eigenvalue weighted by molar-refractivity contribution is 5.93. The summed E-state index contributed by atoms with van der Waals surface area (Å²) in [4.78, 5) is 11.9. The predicted molar refractivity (Wildman–Crippen MR) is 75.7 cm³/mol. The fourth-order valence-electron chi connectivity index (χ4n) is 2.15. The Bertz CT molecular complexity index is 635. The maximum atomic E-state index is 11.9. The van der Waals surface area contributed by atoms with Crippen LogP contribution in [0, 0.1) is 0 Å². The van der Waals surface area contributed by atoms with Crippen molar-refractivity contribution in [2.45, 2.75) is 12.5 Å². The summed E-state index contributed by atoms with van der Waals surface area (Å²) in [5.74, 6) is 0. The minimum atomic E-state index is -0.238. The van der Waals surface area contributed by atoms with Gasteiger partial charge >= 0.3 is 6.03 Å². The number of hydrogen-bond acceptors (Lipinski definition) is 3. The van der Waals surface area contributed by atoms with Crippen molar-refractivity contribution in [3.63, 3.8) is 0 Å². The van der Waals surface area contributed by atoms with Gasteiger partial charge in [-0.25, -0.2) is 9.31 Å². The molecule has 1 aliphatic heterocycles. The summed E-state index contributed by atoms with van der Waals surface area (Å²) < 4.78 is 7.21. The molecule has 0 bridgehead atoms. The van der Waals surface area contributed by atoms with Gasteiger partial charge in [0.25, 0.3) is 0 Å². The number of pyridine rings is 1. The number of fused-ring (bicyclic) bond motifs is 1. The molecule has 6 heteroatoms. The molecule has 104 valence electrons. The maximum Gasteiger partial charge on any atom is 0.319 e. The van der Waals surface area contributed by atoms with Crippen LogP contribution in [0.4, 0.5) is 10.5 Å². The van der Waals surface area contributed by atoms with Crippen molar-refractivity contribution in [3.8, 4) is 0 Å². The van der Waals surface area contributed by atoms with Crippen LogP contribution in [-0.4, -0.2) is 34.9 Å². The summed E-state index contributed by atoms with van der Waals surface area (Å²) in [5.41, 5.74) is 1.59. The van der Waals surface area contributed by atoms with E-state index >= 15 is 0 Å². The van der Waals surface area contributed by atoms with Gasteiger partial charge < -0.3 is 15.4 Å². The number of amides is 2. The fraction of sp³-hybridized carbons (Fsp3) is 0.286. The molecule has 6 nitrogen and oxygen atoms in total. The molecular weight excluding hydrogens is 256 g/mol. The number of aromatic nitrogens is 2. The third kappa shape index (κ3) is 2.80. The lowest BCUT2D eigenvalue weighted by Crippen LogP contribution is -2.37. The Morgan fingerprint density at radius 1 is 1.45 bits per heavy atom. The van der Waals surface area contributed by atoms with E-state index in [-0.39, 0.29) is 12.1 Å². The Labute approximate surface area is 116 Å². The van der Waals surface area contributed by atoms with Crippen LogP contribution >= 0.6 is 0 Å². The van der Waals surface area contributed by atoms with Crippen molar-refractivity contribution in [2.75, 3.05) is 18.5 Å². The second kappa shape index (κ2) is 5.75. The normalized spacial score (nSPS) is 18.1. The van der Waals surface area contributed by atoms with E-state index in [9.17, 15) is 4.79 Å². The number of hydrogen-bond donors (Lipinski definition) is 2. The van der Waals surface area contributed by atoms with Gasteiger partial charge in [0, 0.05) is 12.7 Å². The Kier molecular flexibility index (Phi) is 3.64. The largest absolute Gasteiger partial charge is 0.372 e. The molecule has 1 unspecified atom stereocenters. The molecule has 0 saturated carbocycles. The molecule has 2 aromatic heterocycles. The van der Waals surface area contributed by atoms with E-state index in [1.165, 1.54) is 0 Å². The van der Waals surface area contributed by atoms with Crippen molar-refractivity contribution in [1.82, 2.24) is 14.9 Å². The van der Waals surface area contributed by atoms with Gasteiger partial charge in [-0.15, -0.1) is 0 Å². The minimum Gasteiger partial charge on any atom is -0.372 e. The minimum absolute atomic E-state index is 0.0523. The summed E-state index contributed by atoms with van der Waals surface area (Å²) in [6, 6.07) is 5.30. The molecule has 0 saturated heterocycles. The summed E-state index contributed by atoms with van der Waals surface area (Å²) >= 11 is 0. The standard InChI is InChI=1S/C14H16N4O2/c19-14(15-10-11-4-1-2-9-20-11)17-12-5-3-8-18-13(12)6-7-16-18/h1-3,5-8,11H,4,9-10H2,(H2,15,17,19). The highest BCUT2D eigenvalue weighted by atomic mass is 16.5. The van der Waals surface area contributed by atoms with E-state index < -0.39 is 0 Å². The summed E-state index contributed by atoms with van der Waals surface area (Å²) in [6.07, 6.45) is 8.47. The first-order valence-corrected chi connectivity index (χ1v) is 6.57. The van der Waals surface area contributed by atoms with Crippen LogP contribution in [0.3, 0.4) is 0 Å². The average Bonchev–Trinajstić information content (AvgIpc) is 2.96. The Hall–Kier alpha value is -2.34. The number of nitrogens with zero attached hydrogens (tertiary/aromatic N) is 2. The lowest BCUT2D eigenvalue weighted by Gasteiger charge is -2.19. The Morgan fingerprint density at radius 3 is 3.25 bits per heavy atom. The molecule has 20 heavy (non-hydrogen) atoms. The number of urea groups is 1. The van der Waals surface area contributed by atoms with Crippen molar-refractivity contribution in [3.05, 3.63) is 42.7 Å². The molecule has 2 N–H and O–H groups in total. The van der Waals surface area contributed by atoms with Crippen LogP contribution in [0.1, 0.15) is 6.42 Å². The molecule has 1 atom stereocenters. The van der Waals surface area contributed by atoms with Gasteiger partial charge in [-0.2, -0.15) is 5.10 Å².